The molecule has 4 heteroatoms. The summed E-state index contributed by atoms with van der Waals surface area (Å²) < 4.78 is 5.90. The minimum atomic E-state index is 0.186. The zero-order chi connectivity index (χ0) is 14.4. The Bertz CT molecular complexity index is 391. The van der Waals surface area contributed by atoms with Gasteiger partial charge in [-0.15, -0.1) is 0 Å². The molecule has 0 aromatic carbocycles. The monoisotopic (exact) mass is 265 g/mol. The molecule has 0 saturated heterocycles. The first-order valence-corrected chi connectivity index (χ1v) is 7.19. The summed E-state index contributed by atoms with van der Waals surface area (Å²) in [5.74, 6) is 2.00. The van der Waals surface area contributed by atoms with E-state index in [1.807, 2.05) is 6.20 Å². The van der Waals surface area contributed by atoms with E-state index in [4.69, 9.17) is 4.74 Å². The van der Waals surface area contributed by atoms with E-state index in [-0.39, 0.29) is 6.10 Å². The van der Waals surface area contributed by atoms with Crippen molar-refractivity contribution in [2.45, 2.75) is 72.6 Å². The van der Waals surface area contributed by atoms with Crippen LogP contribution < -0.4 is 10.1 Å². The predicted octanol–water partition coefficient (Wildman–Crippen LogP) is 3.28. The highest BCUT2D eigenvalue weighted by Crippen LogP contribution is 2.20. The molecule has 108 valence electrons. The highest BCUT2D eigenvalue weighted by Gasteiger charge is 2.13. The van der Waals surface area contributed by atoms with E-state index in [1.54, 1.807) is 0 Å². The summed E-state index contributed by atoms with van der Waals surface area (Å²) in [7, 11) is 0. The molecular formula is C15H27N3O. The number of aromatic nitrogens is 2. The quantitative estimate of drug-likeness (QED) is 0.822. The fourth-order valence-electron chi connectivity index (χ4n) is 1.53. The van der Waals surface area contributed by atoms with Gasteiger partial charge in [0.2, 0.25) is 0 Å². The van der Waals surface area contributed by atoms with E-state index >= 15 is 0 Å². The smallest absolute Gasteiger partial charge is 0.160 e. The lowest BCUT2D eigenvalue weighted by Gasteiger charge is -2.17. The maximum Gasteiger partial charge on any atom is 0.160 e. The van der Waals surface area contributed by atoms with Gasteiger partial charge in [0, 0.05) is 18.5 Å². The van der Waals surface area contributed by atoms with Crippen LogP contribution in [-0.4, -0.2) is 22.1 Å². The third-order valence-electron chi connectivity index (χ3n) is 2.95. The van der Waals surface area contributed by atoms with Gasteiger partial charge in [0.05, 0.1) is 18.0 Å². The molecule has 4 nitrogen and oxygen atoms in total. The summed E-state index contributed by atoms with van der Waals surface area (Å²) in [6.45, 7) is 13.3. The van der Waals surface area contributed by atoms with Crippen LogP contribution in [0, 0.1) is 0 Å². The van der Waals surface area contributed by atoms with Crippen molar-refractivity contribution in [1.82, 2.24) is 15.3 Å². The van der Waals surface area contributed by atoms with Crippen LogP contribution in [0.5, 0.6) is 5.75 Å². The van der Waals surface area contributed by atoms with E-state index < -0.39 is 0 Å². The molecule has 0 bridgehead atoms. The number of hydrogen-bond acceptors (Lipinski definition) is 4. The first-order valence-electron chi connectivity index (χ1n) is 7.19. The van der Waals surface area contributed by atoms with E-state index in [9.17, 15) is 0 Å². The van der Waals surface area contributed by atoms with E-state index in [1.165, 1.54) is 0 Å². The lowest BCUT2D eigenvalue weighted by atomic mass is 10.2. The Morgan fingerprint density at radius 1 is 1.21 bits per heavy atom. The predicted molar refractivity (Wildman–Crippen MR) is 78.5 cm³/mol. The molecule has 19 heavy (non-hydrogen) atoms. The molecule has 1 rings (SSSR count). The molecule has 0 saturated carbocycles. The molecule has 0 aliphatic rings. The number of nitrogens with zero attached hydrogens (tertiary/aromatic N) is 2. The SMILES string of the molecule is CCC(C)Oc1cnc(C(C)C)nc1CNC(C)C. The van der Waals surface area contributed by atoms with Crippen LogP contribution in [0.1, 0.15) is 65.4 Å². The Morgan fingerprint density at radius 2 is 1.89 bits per heavy atom. The molecule has 0 amide bonds. The largest absolute Gasteiger partial charge is 0.487 e. The minimum absolute atomic E-state index is 0.186. The van der Waals surface area contributed by atoms with Crippen molar-refractivity contribution in [1.29, 1.82) is 0 Å². The molecule has 1 aromatic heterocycles. The van der Waals surface area contributed by atoms with Gasteiger partial charge in [-0.2, -0.15) is 0 Å². The lowest BCUT2D eigenvalue weighted by Crippen LogP contribution is -2.24. The van der Waals surface area contributed by atoms with Gasteiger partial charge in [-0.3, -0.25) is 0 Å². The summed E-state index contributed by atoms with van der Waals surface area (Å²) in [6.07, 6.45) is 2.97. The summed E-state index contributed by atoms with van der Waals surface area (Å²) in [6, 6.07) is 0.425. The van der Waals surface area contributed by atoms with E-state index in [0.717, 1.165) is 23.7 Å². The second-order valence-corrected chi connectivity index (χ2v) is 5.57. The van der Waals surface area contributed by atoms with Crippen molar-refractivity contribution in [3.05, 3.63) is 17.7 Å². The van der Waals surface area contributed by atoms with Crippen molar-refractivity contribution < 1.29 is 4.74 Å². The van der Waals surface area contributed by atoms with Crippen LogP contribution in [0.2, 0.25) is 0 Å². The third kappa shape index (κ3) is 5.15. The number of nitrogens with one attached hydrogen (secondary N) is 1. The van der Waals surface area contributed by atoms with Crippen molar-refractivity contribution in [2.24, 2.45) is 0 Å². The lowest BCUT2D eigenvalue weighted by molar-refractivity contribution is 0.212. The van der Waals surface area contributed by atoms with Crippen molar-refractivity contribution >= 4 is 0 Å². The fraction of sp³-hybridized carbons (Fsp3) is 0.733. The molecule has 0 aliphatic heterocycles. The van der Waals surface area contributed by atoms with Crippen molar-refractivity contribution in [3.63, 3.8) is 0 Å². The summed E-state index contributed by atoms with van der Waals surface area (Å²) in [5, 5.41) is 3.39. The molecule has 1 atom stereocenters. The normalized spacial score (nSPS) is 13.1. The molecular weight excluding hydrogens is 238 g/mol. The van der Waals surface area contributed by atoms with Crippen LogP contribution in [0.15, 0.2) is 6.20 Å². The number of rotatable bonds is 7. The number of ether oxygens (including phenoxy) is 1. The van der Waals surface area contributed by atoms with Gasteiger partial charge in [0.1, 0.15) is 5.82 Å². The molecule has 1 N–H and O–H groups in total. The Hall–Kier alpha value is -1.16. The Labute approximate surface area is 117 Å². The average Bonchev–Trinajstić information content (AvgIpc) is 2.36. The zero-order valence-corrected chi connectivity index (χ0v) is 13.0. The summed E-state index contributed by atoms with van der Waals surface area (Å²) in [5.41, 5.74) is 0.952. The van der Waals surface area contributed by atoms with Crippen molar-refractivity contribution in [3.8, 4) is 5.75 Å². The van der Waals surface area contributed by atoms with Gasteiger partial charge >= 0.3 is 0 Å². The van der Waals surface area contributed by atoms with Gasteiger partial charge in [0.15, 0.2) is 5.75 Å². The Balaban J connectivity index is 2.93. The van der Waals surface area contributed by atoms with Gasteiger partial charge in [-0.05, 0) is 13.3 Å². The van der Waals surface area contributed by atoms with Gasteiger partial charge in [-0.25, -0.2) is 9.97 Å². The molecule has 1 unspecified atom stereocenters. The van der Waals surface area contributed by atoms with Gasteiger partial charge in [-0.1, -0.05) is 34.6 Å². The zero-order valence-electron chi connectivity index (χ0n) is 13.0. The maximum atomic E-state index is 5.90. The van der Waals surface area contributed by atoms with Gasteiger partial charge < -0.3 is 10.1 Å². The van der Waals surface area contributed by atoms with Crippen LogP contribution in [0.25, 0.3) is 0 Å². The van der Waals surface area contributed by atoms with Crippen LogP contribution in [-0.2, 0) is 6.54 Å². The second kappa shape index (κ2) is 7.43. The molecule has 1 aromatic rings. The molecule has 0 fully saturated rings. The Morgan fingerprint density at radius 3 is 2.42 bits per heavy atom. The Kier molecular flexibility index (Phi) is 6.22. The molecule has 0 radical (unpaired) electrons. The first-order chi connectivity index (χ1) is 8.93. The van der Waals surface area contributed by atoms with Crippen LogP contribution in [0.3, 0.4) is 0 Å². The molecule has 1 heterocycles. The van der Waals surface area contributed by atoms with Crippen LogP contribution >= 0.6 is 0 Å². The highest BCUT2D eigenvalue weighted by atomic mass is 16.5. The van der Waals surface area contributed by atoms with E-state index in [2.05, 4.69) is 56.8 Å². The highest BCUT2D eigenvalue weighted by molar-refractivity contribution is 5.25. The summed E-state index contributed by atoms with van der Waals surface area (Å²) in [4.78, 5) is 9.02. The number of hydrogen-bond donors (Lipinski definition) is 1. The van der Waals surface area contributed by atoms with E-state index in [0.29, 0.717) is 18.5 Å². The fourth-order valence-corrected chi connectivity index (χ4v) is 1.53. The maximum absolute atomic E-state index is 5.90. The minimum Gasteiger partial charge on any atom is -0.487 e. The first kappa shape index (κ1) is 15.9. The molecule has 0 spiro atoms. The standard InChI is InChI=1S/C15H27N3O/c1-7-12(6)19-14-9-17-15(10(2)3)18-13(14)8-16-11(4)5/h9-12,16H,7-8H2,1-6H3. The van der Waals surface area contributed by atoms with Crippen LogP contribution in [0.4, 0.5) is 0 Å². The summed E-state index contributed by atoms with van der Waals surface area (Å²) >= 11 is 0. The molecule has 0 aliphatic carbocycles. The average molecular weight is 265 g/mol. The third-order valence-corrected chi connectivity index (χ3v) is 2.95. The topological polar surface area (TPSA) is 47.0 Å². The van der Waals surface area contributed by atoms with Gasteiger partial charge in [0.25, 0.3) is 0 Å². The second-order valence-electron chi connectivity index (χ2n) is 5.57. The van der Waals surface area contributed by atoms with Crippen molar-refractivity contribution in [2.75, 3.05) is 0 Å².